The maximum absolute atomic E-state index is 13.1. The lowest BCUT2D eigenvalue weighted by molar-refractivity contribution is 0.433. The van der Waals surface area contributed by atoms with Crippen molar-refractivity contribution < 1.29 is 8.91 Å². The summed E-state index contributed by atoms with van der Waals surface area (Å²) in [5.74, 6) is 0.537. The number of aromatic nitrogens is 2. The highest BCUT2D eigenvalue weighted by Gasteiger charge is 2.17. The van der Waals surface area contributed by atoms with Crippen LogP contribution in [0.4, 0.5) is 10.1 Å². The van der Waals surface area contributed by atoms with Gasteiger partial charge in [0.15, 0.2) is 0 Å². The Kier molecular flexibility index (Phi) is 3.02. The van der Waals surface area contributed by atoms with Crippen LogP contribution in [0, 0.1) is 19.7 Å². The van der Waals surface area contributed by atoms with Crippen molar-refractivity contribution in [1.82, 2.24) is 10.1 Å². The molecule has 0 bridgehead atoms. The molecule has 0 saturated carbocycles. The highest BCUT2D eigenvalue weighted by molar-refractivity contribution is 7.14. The molecule has 6 heteroatoms. The van der Waals surface area contributed by atoms with Crippen LogP contribution < -0.4 is 5.73 Å². The number of nitrogens with zero attached hydrogens (tertiary/aromatic N) is 2. The van der Waals surface area contributed by atoms with Crippen LogP contribution in [0.2, 0.25) is 0 Å². The van der Waals surface area contributed by atoms with E-state index < -0.39 is 0 Å². The summed E-state index contributed by atoms with van der Waals surface area (Å²) in [7, 11) is 0. The zero-order valence-corrected chi connectivity index (χ0v) is 11.8. The predicted molar refractivity (Wildman–Crippen MR) is 76.9 cm³/mol. The maximum atomic E-state index is 13.1. The van der Waals surface area contributed by atoms with Crippen molar-refractivity contribution in [3.63, 3.8) is 0 Å². The fraction of sp³-hybridized carbons (Fsp3) is 0.143. The molecule has 4 nitrogen and oxygen atoms in total. The van der Waals surface area contributed by atoms with Gasteiger partial charge in [-0.1, -0.05) is 5.16 Å². The lowest BCUT2D eigenvalue weighted by atomic mass is 10.1. The van der Waals surface area contributed by atoms with Gasteiger partial charge in [0.05, 0.1) is 5.69 Å². The second-order valence-corrected chi connectivity index (χ2v) is 5.42. The molecule has 1 aromatic carbocycles. The van der Waals surface area contributed by atoms with Crippen LogP contribution in [0.3, 0.4) is 0 Å². The van der Waals surface area contributed by atoms with E-state index in [0.29, 0.717) is 17.4 Å². The first-order valence-electron chi connectivity index (χ1n) is 6.00. The molecule has 0 radical (unpaired) electrons. The number of hydrogen-bond acceptors (Lipinski definition) is 5. The van der Waals surface area contributed by atoms with Gasteiger partial charge in [-0.25, -0.2) is 4.39 Å². The van der Waals surface area contributed by atoms with Crippen LogP contribution in [0.1, 0.15) is 11.1 Å². The Morgan fingerprint density at radius 1 is 1.25 bits per heavy atom. The molecule has 0 aliphatic heterocycles. The van der Waals surface area contributed by atoms with Crippen LogP contribution in [-0.2, 0) is 0 Å². The summed E-state index contributed by atoms with van der Waals surface area (Å²) in [4.78, 5) is 5.11. The zero-order chi connectivity index (χ0) is 14.3. The van der Waals surface area contributed by atoms with Gasteiger partial charge in [-0.3, -0.25) is 0 Å². The topological polar surface area (TPSA) is 64.9 Å². The number of aryl methyl sites for hydroxylation is 2. The summed E-state index contributed by atoms with van der Waals surface area (Å²) in [6.45, 7) is 3.73. The van der Waals surface area contributed by atoms with Gasteiger partial charge in [-0.2, -0.15) is 4.98 Å². The van der Waals surface area contributed by atoms with Crippen molar-refractivity contribution in [2.24, 2.45) is 0 Å². The summed E-state index contributed by atoms with van der Waals surface area (Å²) in [5, 5.41) is 5.89. The van der Waals surface area contributed by atoms with E-state index in [-0.39, 0.29) is 5.82 Å². The predicted octanol–water partition coefficient (Wildman–Crippen LogP) is 3.80. The quantitative estimate of drug-likeness (QED) is 0.779. The minimum Gasteiger partial charge on any atom is -0.397 e. The molecule has 0 aliphatic rings. The fourth-order valence-electron chi connectivity index (χ4n) is 1.92. The summed E-state index contributed by atoms with van der Waals surface area (Å²) >= 11 is 1.46. The Hall–Kier alpha value is -2.21. The van der Waals surface area contributed by atoms with Gasteiger partial charge in [0.2, 0.25) is 5.82 Å². The van der Waals surface area contributed by atoms with E-state index in [1.54, 1.807) is 13.0 Å². The van der Waals surface area contributed by atoms with Crippen molar-refractivity contribution in [3.05, 3.63) is 40.5 Å². The van der Waals surface area contributed by atoms with E-state index >= 15 is 0 Å². The molecule has 20 heavy (non-hydrogen) atoms. The van der Waals surface area contributed by atoms with E-state index in [9.17, 15) is 4.39 Å². The minimum atomic E-state index is -0.284. The monoisotopic (exact) mass is 289 g/mol. The number of nitrogen functional groups attached to an aromatic ring is 1. The number of thiophene rings is 1. The van der Waals surface area contributed by atoms with Crippen LogP contribution in [-0.4, -0.2) is 10.1 Å². The van der Waals surface area contributed by atoms with Crippen LogP contribution in [0.25, 0.3) is 22.2 Å². The van der Waals surface area contributed by atoms with Gasteiger partial charge >= 0.3 is 0 Å². The van der Waals surface area contributed by atoms with Crippen LogP contribution >= 0.6 is 11.3 Å². The second kappa shape index (κ2) is 4.72. The number of nitrogens with two attached hydrogens (primary N) is 1. The number of hydrogen-bond donors (Lipinski definition) is 1. The molecular weight excluding hydrogens is 277 g/mol. The number of halogens is 1. The highest BCUT2D eigenvalue weighted by Crippen LogP contribution is 2.34. The third kappa shape index (κ3) is 2.08. The van der Waals surface area contributed by atoms with E-state index in [0.717, 1.165) is 21.6 Å². The lowest BCUT2D eigenvalue weighted by Crippen LogP contribution is -1.88. The smallest absolute Gasteiger partial charge is 0.270 e. The Balaban J connectivity index is 2.04. The average molecular weight is 289 g/mol. The maximum Gasteiger partial charge on any atom is 0.270 e. The fourth-order valence-corrected chi connectivity index (χ4v) is 2.82. The first-order chi connectivity index (χ1) is 9.56. The summed E-state index contributed by atoms with van der Waals surface area (Å²) in [5.41, 5.74) is 9.11. The molecule has 0 fully saturated rings. The van der Waals surface area contributed by atoms with Gasteiger partial charge in [0.1, 0.15) is 10.7 Å². The lowest BCUT2D eigenvalue weighted by Gasteiger charge is -1.99. The van der Waals surface area contributed by atoms with Gasteiger partial charge in [0.25, 0.3) is 5.89 Å². The molecule has 2 heterocycles. The van der Waals surface area contributed by atoms with Gasteiger partial charge in [-0.15, -0.1) is 11.3 Å². The van der Waals surface area contributed by atoms with E-state index in [1.807, 2.05) is 12.3 Å². The molecule has 0 unspecified atom stereocenters. The molecular formula is C14H12FN3OS. The van der Waals surface area contributed by atoms with E-state index in [1.165, 1.54) is 23.5 Å². The Labute approximate surface area is 119 Å². The molecule has 0 aliphatic carbocycles. The third-order valence-electron chi connectivity index (χ3n) is 3.07. The van der Waals surface area contributed by atoms with Crippen molar-refractivity contribution in [2.75, 3.05) is 5.73 Å². The van der Waals surface area contributed by atoms with Gasteiger partial charge in [0, 0.05) is 5.56 Å². The van der Waals surface area contributed by atoms with Gasteiger partial charge in [-0.05, 0) is 48.6 Å². The van der Waals surface area contributed by atoms with Crippen LogP contribution in [0.5, 0.6) is 0 Å². The summed E-state index contributed by atoms with van der Waals surface area (Å²) in [6, 6.07) is 4.46. The second-order valence-electron chi connectivity index (χ2n) is 4.54. The molecule has 0 amide bonds. The minimum absolute atomic E-state index is 0.284. The molecule has 2 aromatic heterocycles. The van der Waals surface area contributed by atoms with E-state index in [4.69, 9.17) is 10.3 Å². The Bertz CT molecular complexity index is 779. The SMILES string of the molecule is Cc1cc(F)ccc1-c1noc(-c2scc(C)c2N)n1. The highest BCUT2D eigenvalue weighted by atomic mass is 32.1. The molecule has 0 atom stereocenters. The molecule has 0 saturated heterocycles. The molecule has 102 valence electrons. The van der Waals surface area contributed by atoms with Gasteiger partial charge < -0.3 is 10.3 Å². The van der Waals surface area contributed by atoms with Crippen molar-refractivity contribution in [3.8, 4) is 22.2 Å². The Morgan fingerprint density at radius 2 is 2.05 bits per heavy atom. The van der Waals surface area contributed by atoms with Crippen molar-refractivity contribution in [2.45, 2.75) is 13.8 Å². The first kappa shape index (κ1) is 12.8. The van der Waals surface area contributed by atoms with Crippen molar-refractivity contribution >= 4 is 17.0 Å². The third-order valence-corrected chi connectivity index (χ3v) is 4.17. The zero-order valence-electron chi connectivity index (χ0n) is 11.0. The number of rotatable bonds is 2. The molecule has 3 aromatic rings. The normalized spacial score (nSPS) is 10.9. The summed E-state index contributed by atoms with van der Waals surface area (Å²) < 4.78 is 18.4. The Morgan fingerprint density at radius 3 is 2.70 bits per heavy atom. The van der Waals surface area contributed by atoms with Crippen molar-refractivity contribution in [1.29, 1.82) is 0 Å². The molecule has 2 N–H and O–H groups in total. The summed E-state index contributed by atoms with van der Waals surface area (Å²) in [6.07, 6.45) is 0. The molecule has 3 rings (SSSR count). The largest absolute Gasteiger partial charge is 0.397 e. The number of anilines is 1. The number of benzene rings is 1. The average Bonchev–Trinajstić information content (AvgIpc) is 2.98. The first-order valence-corrected chi connectivity index (χ1v) is 6.88. The molecule has 0 spiro atoms. The van der Waals surface area contributed by atoms with E-state index in [2.05, 4.69) is 10.1 Å². The standard InChI is InChI=1S/C14H12FN3OS/c1-7-5-9(15)3-4-10(7)13-17-14(19-18-13)12-11(16)8(2)6-20-12/h3-6H,16H2,1-2H3. The van der Waals surface area contributed by atoms with Crippen LogP contribution in [0.15, 0.2) is 28.1 Å².